The fraction of sp³-hybridized carbons (Fsp3) is 0.943. The van der Waals surface area contributed by atoms with Gasteiger partial charge in [0.05, 0.1) is 0 Å². The number of hydrogen-bond acceptors (Lipinski definition) is 0. The van der Waals surface area contributed by atoms with Crippen LogP contribution in [0.25, 0.3) is 0 Å². The van der Waals surface area contributed by atoms with E-state index in [2.05, 4.69) is 61.5 Å². The molecule has 9 unspecified atom stereocenters. The molecule has 0 bridgehead atoms. The molecule has 0 aromatic heterocycles. The quantitative estimate of drug-likeness (QED) is 0.339. The Morgan fingerprint density at radius 3 is 2.09 bits per heavy atom. The van der Waals surface area contributed by atoms with Crippen molar-refractivity contribution in [2.24, 2.45) is 57.7 Å². The van der Waals surface area contributed by atoms with Crippen LogP contribution >= 0.6 is 0 Å². The Labute approximate surface area is 222 Å². The fourth-order valence-electron chi connectivity index (χ4n) is 10.3. The van der Waals surface area contributed by atoms with Crippen molar-refractivity contribution in [1.82, 2.24) is 0 Å². The van der Waals surface area contributed by atoms with Gasteiger partial charge >= 0.3 is 0 Å². The number of allylic oxidation sites excluding steroid dienone is 2. The molecule has 9 atom stereocenters. The Hall–Kier alpha value is -0.260. The summed E-state index contributed by atoms with van der Waals surface area (Å²) in [5.41, 5.74) is 3.54. The van der Waals surface area contributed by atoms with Crippen molar-refractivity contribution in [3.63, 3.8) is 0 Å². The summed E-state index contributed by atoms with van der Waals surface area (Å²) < 4.78 is 0. The lowest BCUT2D eigenvalue weighted by atomic mass is 9.39. The van der Waals surface area contributed by atoms with Crippen molar-refractivity contribution in [2.45, 2.75) is 154 Å². The topological polar surface area (TPSA) is 0 Å². The van der Waals surface area contributed by atoms with E-state index in [1.54, 1.807) is 12.0 Å². The van der Waals surface area contributed by atoms with E-state index in [9.17, 15) is 0 Å². The fourth-order valence-corrected chi connectivity index (χ4v) is 10.3. The maximum Gasteiger partial charge on any atom is -0.0241 e. The van der Waals surface area contributed by atoms with Crippen LogP contribution in [-0.4, -0.2) is 0 Å². The minimum absolute atomic E-state index is 0.616. The minimum atomic E-state index is 0.616. The maximum atomic E-state index is 2.75. The Kier molecular flexibility index (Phi) is 11.1. The second kappa shape index (κ2) is 12.5. The summed E-state index contributed by atoms with van der Waals surface area (Å²) in [6.07, 6.45) is 18.8. The van der Waals surface area contributed by atoms with E-state index in [0.29, 0.717) is 16.2 Å². The van der Waals surface area contributed by atoms with Gasteiger partial charge in [0.15, 0.2) is 0 Å². The third-order valence-electron chi connectivity index (χ3n) is 12.4. The van der Waals surface area contributed by atoms with E-state index in [1.807, 2.05) is 27.7 Å². The first-order valence-corrected chi connectivity index (χ1v) is 16.2. The zero-order valence-electron chi connectivity index (χ0n) is 26.4. The van der Waals surface area contributed by atoms with Gasteiger partial charge in [-0.25, -0.2) is 0 Å². The second-order valence-electron chi connectivity index (χ2n) is 14.0. The first kappa shape index (κ1) is 31.0. The summed E-state index contributed by atoms with van der Waals surface area (Å²) in [6.45, 7) is 28.3. The minimum Gasteiger partial charge on any atom is -0.0882 e. The van der Waals surface area contributed by atoms with Gasteiger partial charge in [-0.05, 0) is 129 Å². The number of fused-ring (bicyclic) bond motifs is 5. The Balaban J connectivity index is 0.00000103. The van der Waals surface area contributed by atoms with Gasteiger partial charge in [-0.1, -0.05) is 94.2 Å². The molecule has 4 rings (SSSR count). The molecule has 0 N–H and O–H groups in total. The van der Waals surface area contributed by atoms with Crippen molar-refractivity contribution < 1.29 is 0 Å². The smallest absolute Gasteiger partial charge is 0.0241 e. The predicted octanol–water partition coefficient (Wildman–Crippen LogP) is 11.7. The molecule has 4 aliphatic carbocycles. The molecule has 0 nitrogen and oxygen atoms in total. The van der Waals surface area contributed by atoms with Crippen LogP contribution < -0.4 is 0 Å². The average molecular weight is 487 g/mol. The normalized spacial score (nSPS) is 43.6. The van der Waals surface area contributed by atoms with Crippen LogP contribution in [0.1, 0.15) is 154 Å². The van der Waals surface area contributed by atoms with E-state index in [1.165, 1.54) is 64.2 Å². The van der Waals surface area contributed by atoms with Crippen LogP contribution in [0.3, 0.4) is 0 Å². The van der Waals surface area contributed by atoms with Gasteiger partial charge < -0.3 is 0 Å². The monoisotopic (exact) mass is 487 g/mol. The molecular formula is C35H66. The van der Waals surface area contributed by atoms with Crippen molar-refractivity contribution >= 4 is 0 Å². The molecular weight excluding hydrogens is 420 g/mol. The highest BCUT2D eigenvalue weighted by molar-refractivity contribution is 5.13. The Morgan fingerprint density at radius 1 is 0.829 bits per heavy atom. The van der Waals surface area contributed by atoms with Gasteiger partial charge in [0.25, 0.3) is 0 Å². The standard InChI is InChI=1S/C31H54.2C2H6/c1-9-24(21(2)3)11-10-23(5)26-12-13-27-25-15-17-29(6)20-22(4)14-19-31(29,8)28(25)16-18-30(26,27)7;2*1-2/h9,21-23,25-28H,10-20H2,1-8H3;2*1-2H3/b24-9+;;. The molecule has 0 aromatic carbocycles. The summed E-state index contributed by atoms with van der Waals surface area (Å²) in [4.78, 5) is 0. The van der Waals surface area contributed by atoms with Crippen LogP contribution in [0, 0.1) is 57.7 Å². The van der Waals surface area contributed by atoms with E-state index < -0.39 is 0 Å². The van der Waals surface area contributed by atoms with E-state index in [0.717, 1.165) is 41.4 Å². The highest BCUT2D eigenvalue weighted by Gasteiger charge is 2.63. The zero-order chi connectivity index (χ0) is 26.6. The number of hydrogen-bond donors (Lipinski definition) is 0. The second-order valence-corrected chi connectivity index (χ2v) is 14.0. The Morgan fingerprint density at radius 2 is 1.49 bits per heavy atom. The molecule has 0 heteroatoms. The molecule has 35 heavy (non-hydrogen) atoms. The van der Waals surface area contributed by atoms with Crippen LogP contribution in [0.4, 0.5) is 0 Å². The van der Waals surface area contributed by atoms with Gasteiger partial charge in [-0.3, -0.25) is 0 Å². The lowest BCUT2D eigenvalue weighted by Gasteiger charge is -2.65. The van der Waals surface area contributed by atoms with Gasteiger partial charge in [-0.2, -0.15) is 0 Å². The van der Waals surface area contributed by atoms with E-state index in [4.69, 9.17) is 0 Å². The average Bonchev–Trinajstić information content (AvgIpc) is 3.20. The van der Waals surface area contributed by atoms with Crippen LogP contribution in [0.15, 0.2) is 11.6 Å². The first-order chi connectivity index (χ1) is 16.6. The summed E-state index contributed by atoms with van der Waals surface area (Å²) in [7, 11) is 0. The third-order valence-corrected chi connectivity index (χ3v) is 12.4. The van der Waals surface area contributed by atoms with Gasteiger partial charge in [-0.15, -0.1) is 0 Å². The summed E-state index contributed by atoms with van der Waals surface area (Å²) >= 11 is 0. The van der Waals surface area contributed by atoms with Crippen molar-refractivity contribution in [2.75, 3.05) is 0 Å². The van der Waals surface area contributed by atoms with Crippen LogP contribution in [0.5, 0.6) is 0 Å². The SMILES string of the molecule is C/C=C(\CCC(C)C1CCC2C3CCC4(C)CC(C)CCC4(C)C3CCC12C)C(C)C.CC.CC. The summed E-state index contributed by atoms with van der Waals surface area (Å²) in [6, 6.07) is 0. The van der Waals surface area contributed by atoms with Crippen molar-refractivity contribution in [3.05, 3.63) is 11.6 Å². The van der Waals surface area contributed by atoms with Crippen LogP contribution in [0.2, 0.25) is 0 Å². The lowest BCUT2D eigenvalue weighted by molar-refractivity contribution is -0.161. The van der Waals surface area contributed by atoms with E-state index in [-0.39, 0.29) is 0 Å². The lowest BCUT2D eigenvalue weighted by Crippen LogP contribution is -2.57. The van der Waals surface area contributed by atoms with Gasteiger partial charge in [0, 0.05) is 0 Å². The Bertz CT molecular complexity index is 672. The van der Waals surface area contributed by atoms with Gasteiger partial charge in [0.1, 0.15) is 0 Å². The number of rotatable bonds is 5. The molecule has 0 heterocycles. The molecule has 4 aliphatic rings. The summed E-state index contributed by atoms with van der Waals surface area (Å²) in [5, 5.41) is 0. The van der Waals surface area contributed by atoms with Crippen LogP contribution in [-0.2, 0) is 0 Å². The third kappa shape index (κ3) is 5.62. The highest BCUT2D eigenvalue weighted by atomic mass is 14.7. The molecule has 0 radical (unpaired) electrons. The summed E-state index contributed by atoms with van der Waals surface area (Å²) in [5.74, 6) is 6.59. The largest absolute Gasteiger partial charge is 0.0882 e. The molecule has 0 saturated heterocycles. The molecule has 0 spiro atoms. The highest BCUT2D eigenvalue weighted by Crippen LogP contribution is 2.71. The molecule has 206 valence electrons. The maximum absolute atomic E-state index is 2.75. The van der Waals surface area contributed by atoms with Crippen molar-refractivity contribution in [1.29, 1.82) is 0 Å². The zero-order valence-corrected chi connectivity index (χ0v) is 26.4. The molecule has 4 fully saturated rings. The predicted molar refractivity (Wildman–Crippen MR) is 159 cm³/mol. The first-order valence-electron chi connectivity index (χ1n) is 16.2. The van der Waals surface area contributed by atoms with E-state index >= 15 is 0 Å². The van der Waals surface area contributed by atoms with Crippen molar-refractivity contribution in [3.8, 4) is 0 Å². The molecule has 4 saturated carbocycles. The molecule has 0 aliphatic heterocycles. The molecule has 0 aromatic rings. The van der Waals surface area contributed by atoms with Gasteiger partial charge in [0.2, 0.25) is 0 Å². The molecule has 0 amide bonds.